The zero-order valence-corrected chi connectivity index (χ0v) is 19.3. The van der Waals surface area contributed by atoms with E-state index in [1.165, 1.54) is 22.3 Å². The molecular formula is C28H30O5. The van der Waals surface area contributed by atoms with Crippen LogP contribution >= 0.6 is 0 Å². The molecule has 2 saturated carbocycles. The van der Waals surface area contributed by atoms with Gasteiger partial charge >= 0.3 is 0 Å². The molecule has 0 radical (unpaired) electrons. The van der Waals surface area contributed by atoms with Gasteiger partial charge < -0.3 is 9.47 Å². The molecule has 5 nitrogen and oxygen atoms in total. The number of ketones is 1. The minimum Gasteiger partial charge on any atom is -0.454 e. The van der Waals surface area contributed by atoms with Crippen molar-refractivity contribution in [1.29, 1.82) is 0 Å². The molecule has 2 fully saturated rings. The lowest BCUT2D eigenvalue weighted by molar-refractivity contribution is -0.331. The molecule has 1 aromatic rings. The molecule has 0 saturated heterocycles. The third kappa shape index (κ3) is 2.90. The monoisotopic (exact) mass is 446 g/mol. The molecule has 0 unspecified atom stereocenters. The molecule has 6 rings (SSSR count). The Labute approximate surface area is 194 Å². The van der Waals surface area contributed by atoms with E-state index in [4.69, 9.17) is 14.4 Å². The molecule has 1 heterocycles. The Morgan fingerprint density at radius 3 is 2.82 bits per heavy atom. The number of rotatable bonds is 2. The van der Waals surface area contributed by atoms with Gasteiger partial charge in [0.05, 0.1) is 0 Å². The highest BCUT2D eigenvalue weighted by Gasteiger charge is 2.64. The van der Waals surface area contributed by atoms with Crippen molar-refractivity contribution in [3.05, 3.63) is 46.6 Å². The van der Waals surface area contributed by atoms with E-state index in [2.05, 4.69) is 30.9 Å². The topological polar surface area (TPSA) is 65.0 Å². The summed E-state index contributed by atoms with van der Waals surface area (Å²) in [7, 11) is 0. The van der Waals surface area contributed by atoms with Crippen molar-refractivity contribution in [3.8, 4) is 23.3 Å². The first-order valence-corrected chi connectivity index (χ1v) is 12.1. The summed E-state index contributed by atoms with van der Waals surface area (Å²) < 4.78 is 11.3. The average Bonchev–Trinajstić information content (AvgIpc) is 3.40. The van der Waals surface area contributed by atoms with Gasteiger partial charge in [0, 0.05) is 17.8 Å². The molecule has 0 spiro atoms. The van der Waals surface area contributed by atoms with E-state index in [0.717, 1.165) is 50.0 Å². The number of benzene rings is 1. The van der Waals surface area contributed by atoms with Crippen LogP contribution in [0.4, 0.5) is 0 Å². The van der Waals surface area contributed by atoms with Gasteiger partial charge in [-0.1, -0.05) is 24.5 Å². The molecule has 33 heavy (non-hydrogen) atoms. The van der Waals surface area contributed by atoms with Gasteiger partial charge in [-0.05, 0) is 92.2 Å². The van der Waals surface area contributed by atoms with E-state index in [1.54, 1.807) is 0 Å². The van der Waals surface area contributed by atoms with Crippen LogP contribution in [0, 0.1) is 29.1 Å². The summed E-state index contributed by atoms with van der Waals surface area (Å²) in [5, 5.41) is 10.2. The van der Waals surface area contributed by atoms with Crippen LogP contribution in [0.1, 0.15) is 70.3 Å². The van der Waals surface area contributed by atoms with Gasteiger partial charge in [0.25, 0.3) is 0 Å². The second kappa shape index (κ2) is 7.48. The SMILES string of the molecule is CC#C[C@]1(OO)CC[C@H]2[C@@H]3CCC4=CC(=O)CCC4=C3[C@@H](c3ccc4c(c3)OCO4)C[C@@]21C. The van der Waals surface area contributed by atoms with Crippen molar-refractivity contribution < 1.29 is 24.4 Å². The van der Waals surface area contributed by atoms with Gasteiger partial charge in [-0.15, -0.1) is 5.92 Å². The number of hydrogen-bond donors (Lipinski definition) is 1. The van der Waals surface area contributed by atoms with Crippen molar-refractivity contribution in [2.75, 3.05) is 6.79 Å². The highest BCUT2D eigenvalue weighted by atomic mass is 17.1. The molecular weight excluding hydrogens is 416 g/mol. The highest BCUT2D eigenvalue weighted by Crippen LogP contribution is 2.67. The molecule has 4 aliphatic carbocycles. The quantitative estimate of drug-likeness (QED) is 0.366. The summed E-state index contributed by atoms with van der Waals surface area (Å²) in [6.45, 7) is 4.34. The molecule has 172 valence electrons. The summed E-state index contributed by atoms with van der Waals surface area (Å²) in [6.07, 6.45) is 7.85. The van der Waals surface area contributed by atoms with Crippen LogP contribution in [0.25, 0.3) is 0 Å². The Morgan fingerprint density at radius 2 is 2.00 bits per heavy atom. The Morgan fingerprint density at radius 1 is 1.15 bits per heavy atom. The zero-order valence-electron chi connectivity index (χ0n) is 19.3. The van der Waals surface area contributed by atoms with E-state index in [9.17, 15) is 10.1 Å². The van der Waals surface area contributed by atoms with Crippen LogP contribution in [0.2, 0.25) is 0 Å². The standard InChI is InChI=1S/C28H30O5/c1-3-11-28(33-30)12-10-23-21-7-4-17-13-19(29)6-8-20(17)26(21)22(15-27(23,28)2)18-5-9-24-25(14-18)32-16-31-24/h5,9,13-14,21-23,30H,4,6-8,10,12,15-16H2,1-2H3/t21-,22+,23-,27-,28-/m0/s1. The largest absolute Gasteiger partial charge is 0.454 e. The average molecular weight is 447 g/mol. The molecule has 5 aliphatic rings. The lowest BCUT2D eigenvalue weighted by Gasteiger charge is -2.54. The van der Waals surface area contributed by atoms with Crippen molar-refractivity contribution in [3.63, 3.8) is 0 Å². The van der Waals surface area contributed by atoms with Gasteiger partial charge in [0.2, 0.25) is 6.79 Å². The summed E-state index contributed by atoms with van der Waals surface area (Å²) >= 11 is 0. The number of carbonyl (C=O) groups is 1. The van der Waals surface area contributed by atoms with E-state index in [-0.39, 0.29) is 23.9 Å². The summed E-state index contributed by atoms with van der Waals surface area (Å²) in [5.41, 5.74) is 4.21. The van der Waals surface area contributed by atoms with Crippen molar-refractivity contribution >= 4 is 5.78 Å². The van der Waals surface area contributed by atoms with Crippen molar-refractivity contribution in [1.82, 2.24) is 0 Å². The van der Waals surface area contributed by atoms with E-state index in [1.807, 2.05) is 19.1 Å². The minimum atomic E-state index is -0.851. The summed E-state index contributed by atoms with van der Waals surface area (Å²) in [4.78, 5) is 17.5. The minimum absolute atomic E-state index is 0.156. The van der Waals surface area contributed by atoms with Crippen LogP contribution in [0.5, 0.6) is 11.5 Å². The van der Waals surface area contributed by atoms with Crippen LogP contribution in [0.3, 0.4) is 0 Å². The summed E-state index contributed by atoms with van der Waals surface area (Å²) in [5.74, 6) is 9.08. The maximum atomic E-state index is 12.2. The fourth-order valence-corrected chi connectivity index (χ4v) is 7.66. The third-order valence-electron chi connectivity index (χ3n) is 9.14. The maximum Gasteiger partial charge on any atom is 0.231 e. The number of fused-ring (bicyclic) bond motifs is 5. The molecule has 0 amide bonds. The fraction of sp³-hybridized carbons (Fsp3) is 0.536. The first-order chi connectivity index (χ1) is 16.0. The molecule has 1 aromatic carbocycles. The van der Waals surface area contributed by atoms with Crippen LogP contribution in [0.15, 0.2) is 41.0 Å². The van der Waals surface area contributed by atoms with Gasteiger partial charge in [0.15, 0.2) is 22.9 Å². The van der Waals surface area contributed by atoms with Crippen LogP contribution < -0.4 is 9.47 Å². The smallest absolute Gasteiger partial charge is 0.231 e. The number of hydrogen-bond acceptors (Lipinski definition) is 5. The lowest BCUT2D eigenvalue weighted by atomic mass is 9.51. The maximum absolute atomic E-state index is 12.2. The number of allylic oxidation sites excluding steroid dienone is 4. The van der Waals surface area contributed by atoms with E-state index >= 15 is 0 Å². The predicted octanol–water partition coefficient (Wildman–Crippen LogP) is 5.57. The molecule has 0 aromatic heterocycles. The van der Waals surface area contributed by atoms with Gasteiger partial charge in [-0.2, -0.15) is 0 Å². The fourth-order valence-electron chi connectivity index (χ4n) is 7.66. The van der Waals surface area contributed by atoms with Crippen molar-refractivity contribution in [2.45, 2.75) is 70.3 Å². The molecule has 1 aliphatic heterocycles. The third-order valence-corrected chi connectivity index (χ3v) is 9.14. The lowest BCUT2D eigenvalue weighted by Crippen LogP contribution is -2.52. The first kappa shape index (κ1) is 21.0. The first-order valence-electron chi connectivity index (χ1n) is 12.1. The summed E-state index contributed by atoms with van der Waals surface area (Å²) in [6, 6.07) is 6.28. The molecule has 5 heteroatoms. The highest BCUT2D eigenvalue weighted by molar-refractivity contribution is 5.93. The number of ether oxygens (including phenoxy) is 2. The van der Waals surface area contributed by atoms with Crippen LogP contribution in [-0.2, 0) is 9.68 Å². The predicted molar refractivity (Wildman–Crippen MR) is 123 cm³/mol. The van der Waals surface area contributed by atoms with Gasteiger partial charge in [0.1, 0.15) is 0 Å². The second-order valence-corrected chi connectivity index (χ2v) is 10.4. The van der Waals surface area contributed by atoms with Crippen molar-refractivity contribution in [2.24, 2.45) is 17.3 Å². The number of carbonyl (C=O) groups excluding carboxylic acids is 1. The molecule has 0 bridgehead atoms. The second-order valence-electron chi connectivity index (χ2n) is 10.4. The Balaban J connectivity index is 1.54. The Hall–Kier alpha value is -2.55. The van der Waals surface area contributed by atoms with E-state index < -0.39 is 5.60 Å². The molecule has 1 N–H and O–H groups in total. The van der Waals surface area contributed by atoms with Gasteiger partial charge in [-0.25, -0.2) is 4.89 Å². The Bertz CT molecular complexity index is 1150. The zero-order chi connectivity index (χ0) is 22.8. The van der Waals surface area contributed by atoms with Gasteiger partial charge in [-0.3, -0.25) is 10.1 Å². The Kier molecular flexibility index (Phi) is 4.76. The van der Waals surface area contributed by atoms with Crippen LogP contribution in [-0.4, -0.2) is 23.4 Å². The molecule has 5 atom stereocenters. The van der Waals surface area contributed by atoms with E-state index in [0.29, 0.717) is 18.3 Å². The normalized spacial score (nSPS) is 36.4.